The van der Waals surface area contributed by atoms with Crippen LogP contribution < -0.4 is 0 Å². The number of nitrogens with zero attached hydrogens (tertiary/aromatic N) is 4. The molecule has 0 atom stereocenters. The Morgan fingerprint density at radius 1 is 1.05 bits per heavy atom. The van der Waals surface area contributed by atoms with Crippen molar-refractivity contribution in [3.05, 3.63) is 6.33 Å². The van der Waals surface area contributed by atoms with Gasteiger partial charge in [0.15, 0.2) is 0 Å². The maximum absolute atomic E-state index is 11.1. The molecule has 0 saturated carbocycles. The molecule has 0 bridgehead atoms. The molecule has 114 valence electrons. The fourth-order valence-electron chi connectivity index (χ4n) is 2.12. The fourth-order valence-corrected chi connectivity index (χ4v) is 2.12. The smallest absolute Gasteiger partial charge is 0.305 e. The SMILES string of the molecule is CCOC(=O)CCCCCCCCCCn1cnnn1. The number of rotatable bonds is 12. The Kier molecular flexibility index (Phi) is 9.44. The molecule has 0 aliphatic carbocycles. The molecule has 1 heterocycles. The lowest BCUT2D eigenvalue weighted by Crippen LogP contribution is -2.03. The van der Waals surface area contributed by atoms with Crippen molar-refractivity contribution in [1.82, 2.24) is 20.2 Å². The van der Waals surface area contributed by atoms with Gasteiger partial charge in [-0.3, -0.25) is 4.79 Å². The van der Waals surface area contributed by atoms with E-state index in [4.69, 9.17) is 4.74 Å². The highest BCUT2D eigenvalue weighted by Gasteiger charge is 2.00. The molecule has 0 amide bonds. The van der Waals surface area contributed by atoms with Gasteiger partial charge < -0.3 is 4.74 Å². The lowest BCUT2D eigenvalue weighted by atomic mass is 10.1. The number of aryl methyl sites for hydroxylation is 1. The van der Waals surface area contributed by atoms with Crippen molar-refractivity contribution < 1.29 is 9.53 Å². The predicted molar refractivity (Wildman–Crippen MR) is 76.0 cm³/mol. The van der Waals surface area contributed by atoms with Gasteiger partial charge in [-0.05, 0) is 30.2 Å². The van der Waals surface area contributed by atoms with Crippen LogP contribution in [0.25, 0.3) is 0 Å². The molecule has 6 heteroatoms. The Labute approximate surface area is 120 Å². The van der Waals surface area contributed by atoms with Gasteiger partial charge in [0.1, 0.15) is 6.33 Å². The van der Waals surface area contributed by atoms with E-state index in [0.717, 1.165) is 25.8 Å². The van der Waals surface area contributed by atoms with Crippen molar-refractivity contribution in [3.63, 3.8) is 0 Å². The zero-order chi connectivity index (χ0) is 14.5. The number of tetrazole rings is 1. The molecule has 0 aliphatic heterocycles. The summed E-state index contributed by atoms with van der Waals surface area (Å²) in [6, 6.07) is 0. The number of aromatic nitrogens is 4. The molecule has 0 unspecified atom stereocenters. The second-order valence-corrected chi connectivity index (χ2v) is 4.96. The zero-order valence-electron chi connectivity index (χ0n) is 12.5. The first-order valence-electron chi connectivity index (χ1n) is 7.69. The van der Waals surface area contributed by atoms with Crippen LogP contribution in [0.1, 0.15) is 64.7 Å². The van der Waals surface area contributed by atoms with E-state index in [1.807, 2.05) is 6.92 Å². The summed E-state index contributed by atoms with van der Waals surface area (Å²) in [6.45, 7) is 3.24. The van der Waals surface area contributed by atoms with Crippen LogP contribution in [0.3, 0.4) is 0 Å². The van der Waals surface area contributed by atoms with Gasteiger partial charge >= 0.3 is 5.97 Å². The molecular weight excluding hydrogens is 256 g/mol. The van der Waals surface area contributed by atoms with Crippen LogP contribution in [0.15, 0.2) is 6.33 Å². The van der Waals surface area contributed by atoms with Crippen LogP contribution in [-0.2, 0) is 16.1 Å². The molecule has 1 rings (SSSR count). The number of hydrogen-bond acceptors (Lipinski definition) is 5. The monoisotopic (exact) mass is 282 g/mol. The fraction of sp³-hybridized carbons (Fsp3) is 0.857. The minimum absolute atomic E-state index is 0.0601. The molecule has 0 fully saturated rings. The van der Waals surface area contributed by atoms with Crippen molar-refractivity contribution in [2.45, 2.75) is 71.3 Å². The van der Waals surface area contributed by atoms with Crippen molar-refractivity contribution in [1.29, 1.82) is 0 Å². The molecule has 0 saturated heterocycles. The van der Waals surface area contributed by atoms with Gasteiger partial charge in [0.25, 0.3) is 0 Å². The van der Waals surface area contributed by atoms with E-state index in [0.29, 0.717) is 13.0 Å². The van der Waals surface area contributed by atoms with E-state index in [9.17, 15) is 4.79 Å². The lowest BCUT2D eigenvalue weighted by Gasteiger charge is -2.03. The lowest BCUT2D eigenvalue weighted by molar-refractivity contribution is -0.143. The van der Waals surface area contributed by atoms with Crippen molar-refractivity contribution in [2.24, 2.45) is 0 Å². The third-order valence-corrected chi connectivity index (χ3v) is 3.21. The number of carbonyl (C=O) groups excluding carboxylic acids is 1. The third-order valence-electron chi connectivity index (χ3n) is 3.21. The highest BCUT2D eigenvalue weighted by molar-refractivity contribution is 5.69. The first-order valence-corrected chi connectivity index (χ1v) is 7.69. The molecular formula is C14H26N4O2. The van der Waals surface area contributed by atoms with Gasteiger partial charge in [-0.1, -0.05) is 38.5 Å². The molecule has 0 radical (unpaired) electrons. The summed E-state index contributed by atoms with van der Waals surface area (Å²) < 4.78 is 6.66. The predicted octanol–water partition coefficient (Wildman–Crippen LogP) is 2.75. The second-order valence-electron chi connectivity index (χ2n) is 4.96. The summed E-state index contributed by atoms with van der Waals surface area (Å²) >= 11 is 0. The first-order chi connectivity index (χ1) is 9.83. The van der Waals surface area contributed by atoms with Gasteiger partial charge in [0.2, 0.25) is 0 Å². The van der Waals surface area contributed by atoms with Crippen molar-refractivity contribution in [2.75, 3.05) is 6.61 Å². The zero-order valence-corrected chi connectivity index (χ0v) is 12.5. The number of ether oxygens (including phenoxy) is 1. The average molecular weight is 282 g/mol. The second kappa shape index (κ2) is 11.4. The summed E-state index contributed by atoms with van der Waals surface area (Å²) in [7, 11) is 0. The third kappa shape index (κ3) is 8.61. The van der Waals surface area contributed by atoms with Gasteiger partial charge in [-0.15, -0.1) is 5.10 Å². The van der Waals surface area contributed by atoms with Crippen LogP contribution in [0.4, 0.5) is 0 Å². The molecule has 0 spiro atoms. The van der Waals surface area contributed by atoms with Crippen LogP contribution in [0, 0.1) is 0 Å². The Morgan fingerprint density at radius 3 is 2.30 bits per heavy atom. The van der Waals surface area contributed by atoms with E-state index in [1.54, 1.807) is 11.0 Å². The summed E-state index contributed by atoms with van der Waals surface area (Å²) in [5.41, 5.74) is 0. The highest BCUT2D eigenvalue weighted by atomic mass is 16.5. The summed E-state index contributed by atoms with van der Waals surface area (Å²) in [5.74, 6) is -0.0601. The molecule has 6 nitrogen and oxygen atoms in total. The van der Waals surface area contributed by atoms with Crippen LogP contribution in [0.2, 0.25) is 0 Å². The summed E-state index contributed by atoms with van der Waals surface area (Å²) in [6.07, 6.45) is 11.7. The van der Waals surface area contributed by atoms with Gasteiger partial charge in [0.05, 0.1) is 6.61 Å². The van der Waals surface area contributed by atoms with E-state index < -0.39 is 0 Å². The number of carbonyl (C=O) groups is 1. The molecule has 0 aromatic carbocycles. The molecule has 1 aromatic heterocycles. The average Bonchev–Trinajstić information content (AvgIpc) is 2.94. The van der Waals surface area contributed by atoms with Crippen LogP contribution in [-0.4, -0.2) is 32.8 Å². The number of esters is 1. The number of hydrogen-bond donors (Lipinski definition) is 0. The quantitative estimate of drug-likeness (QED) is 0.435. The van der Waals surface area contributed by atoms with E-state index in [1.165, 1.54) is 32.1 Å². The van der Waals surface area contributed by atoms with Gasteiger partial charge in [-0.2, -0.15) is 0 Å². The maximum Gasteiger partial charge on any atom is 0.305 e. The Balaban J connectivity index is 1.77. The largest absolute Gasteiger partial charge is 0.466 e. The Morgan fingerprint density at radius 2 is 1.70 bits per heavy atom. The standard InChI is InChI=1S/C14H26N4O2/c1-2-20-14(19)11-9-7-5-3-4-6-8-10-12-18-13-15-16-17-18/h13H,2-12H2,1H3. The van der Waals surface area contributed by atoms with Crippen LogP contribution >= 0.6 is 0 Å². The van der Waals surface area contributed by atoms with Gasteiger partial charge in [0, 0.05) is 13.0 Å². The van der Waals surface area contributed by atoms with E-state index in [-0.39, 0.29) is 5.97 Å². The van der Waals surface area contributed by atoms with Crippen LogP contribution in [0.5, 0.6) is 0 Å². The topological polar surface area (TPSA) is 69.9 Å². The summed E-state index contributed by atoms with van der Waals surface area (Å²) in [4.78, 5) is 11.1. The highest BCUT2D eigenvalue weighted by Crippen LogP contribution is 2.10. The Hall–Kier alpha value is -1.46. The Bertz CT molecular complexity index is 341. The van der Waals surface area contributed by atoms with Crippen molar-refractivity contribution in [3.8, 4) is 0 Å². The minimum Gasteiger partial charge on any atom is -0.466 e. The minimum atomic E-state index is -0.0601. The van der Waals surface area contributed by atoms with Gasteiger partial charge in [-0.25, -0.2) is 4.68 Å². The molecule has 0 aliphatic rings. The first kappa shape index (κ1) is 16.6. The van der Waals surface area contributed by atoms with Crippen molar-refractivity contribution >= 4 is 5.97 Å². The van der Waals surface area contributed by atoms with E-state index in [2.05, 4.69) is 15.5 Å². The summed E-state index contributed by atoms with van der Waals surface area (Å²) in [5, 5.41) is 11.0. The maximum atomic E-state index is 11.1. The van der Waals surface area contributed by atoms with E-state index >= 15 is 0 Å². The molecule has 0 N–H and O–H groups in total. The molecule has 1 aromatic rings. The number of unbranched alkanes of at least 4 members (excludes halogenated alkanes) is 7. The molecule has 20 heavy (non-hydrogen) atoms. The normalized spacial score (nSPS) is 10.7.